The molecule has 0 unspecified atom stereocenters. The van der Waals surface area contributed by atoms with Crippen molar-refractivity contribution in [1.29, 1.82) is 0 Å². The van der Waals surface area contributed by atoms with Crippen molar-refractivity contribution in [2.24, 2.45) is 0 Å². The monoisotopic (exact) mass is 334 g/mol. The van der Waals surface area contributed by atoms with Gasteiger partial charge in [0.25, 0.3) is 5.56 Å². The standard InChI is InChI=1S/C17H13F3N2O2/c1-8-4-3-5-10-15(8)11-6-14(21-9(2)23)12(17(18,19)20)7-13(11)22-16(10)24/h3-7H,1-2H3,(H,21,23)(H,22,24). The third-order valence-corrected chi connectivity index (χ3v) is 3.81. The Labute approximate surface area is 134 Å². The fourth-order valence-electron chi connectivity index (χ4n) is 2.84. The van der Waals surface area contributed by atoms with Gasteiger partial charge in [-0.2, -0.15) is 13.2 Å². The van der Waals surface area contributed by atoms with Gasteiger partial charge in [-0.3, -0.25) is 9.59 Å². The molecule has 0 bridgehead atoms. The number of amides is 1. The van der Waals surface area contributed by atoms with Gasteiger partial charge in [-0.15, -0.1) is 0 Å². The van der Waals surface area contributed by atoms with E-state index in [1.54, 1.807) is 25.1 Å². The Morgan fingerprint density at radius 2 is 1.88 bits per heavy atom. The van der Waals surface area contributed by atoms with Crippen LogP contribution in [-0.4, -0.2) is 10.9 Å². The molecule has 0 aliphatic heterocycles. The molecule has 2 aromatic carbocycles. The first-order valence-corrected chi connectivity index (χ1v) is 7.12. The number of alkyl halides is 3. The molecule has 0 aliphatic rings. The minimum atomic E-state index is -4.66. The van der Waals surface area contributed by atoms with Crippen molar-refractivity contribution in [1.82, 2.24) is 4.98 Å². The van der Waals surface area contributed by atoms with Gasteiger partial charge in [0.15, 0.2) is 0 Å². The zero-order valence-corrected chi connectivity index (χ0v) is 12.8. The minimum Gasteiger partial charge on any atom is -0.326 e. The van der Waals surface area contributed by atoms with Gasteiger partial charge in [0, 0.05) is 23.2 Å². The maximum Gasteiger partial charge on any atom is 0.418 e. The summed E-state index contributed by atoms with van der Waals surface area (Å²) in [4.78, 5) is 25.9. The number of aromatic amines is 1. The van der Waals surface area contributed by atoms with Crippen LogP contribution in [0.25, 0.3) is 21.7 Å². The number of benzene rings is 2. The summed E-state index contributed by atoms with van der Waals surface area (Å²) in [7, 11) is 0. The number of hydrogen-bond donors (Lipinski definition) is 2. The van der Waals surface area contributed by atoms with Crippen LogP contribution in [0.4, 0.5) is 18.9 Å². The van der Waals surface area contributed by atoms with Crippen LogP contribution in [0.3, 0.4) is 0 Å². The normalized spacial score (nSPS) is 11.9. The summed E-state index contributed by atoms with van der Waals surface area (Å²) in [5, 5.41) is 3.62. The van der Waals surface area contributed by atoms with E-state index in [1.165, 1.54) is 6.07 Å². The molecule has 24 heavy (non-hydrogen) atoms. The van der Waals surface area contributed by atoms with Gasteiger partial charge in [0.2, 0.25) is 5.91 Å². The number of hydrogen-bond acceptors (Lipinski definition) is 2. The molecule has 2 N–H and O–H groups in total. The number of nitrogens with one attached hydrogen (secondary N) is 2. The van der Waals surface area contributed by atoms with Crippen LogP contribution in [0.15, 0.2) is 35.1 Å². The van der Waals surface area contributed by atoms with E-state index in [4.69, 9.17) is 0 Å². The molecule has 1 aromatic heterocycles. The maximum atomic E-state index is 13.3. The van der Waals surface area contributed by atoms with Crippen molar-refractivity contribution in [3.05, 3.63) is 51.8 Å². The highest BCUT2D eigenvalue weighted by atomic mass is 19.4. The predicted octanol–water partition coefficient (Wildman–Crippen LogP) is 3.97. The number of anilines is 1. The molecule has 1 heterocycles. The highest BCUT2D eigenvalue weighted by molar-refractivity contribution is 6.09. The lowest BCUT2D eigenvalue weighted by Gasteiger charge is -2.16. The van der Waals surface area contributed by atoms with Crippen LogP contribution in [0, 0.1) is 6.92 Å². The summed E-state index contributed by atoms with van der Waals surface area (Å²) in [5.74, 6) is -0.606. The molecule has 0 atom stereocenters. The number of carbonyl (C=O) groups excluding carboxylic acids is 1. The first-order valence-electron chi connectivity index (χ1n) is 7.12. The zero-order valence-electron chi connectivity index (χ0n) is 12.8. The summed E-state index contributed by atoms with van der Waals surface area (Å²) >= 11 is 0. The first-order chi connectivity index (χ1) is 11.2. The van der Waals surface area contributed by atoms with Gasteiger partial charge in [0.05, 0.1) is 11.3 Å². The largest absolute Gasteiger partial charge is 0.418 e. The number of H-pyrrole nitrogens is 1. The lowest BCUT2D eigenvalue weighted by molar-refractivity contribution is -0.136. The Balaban J connectivity index is 2.49. The molecule has 0 aliphatic carbocycles. The van der Waals surface area contributed by atoms with Crippen LogP contribution in [0.5, 0.6) is 0 Å². The number of pyridine rings is 1. The van der Waals surface area contributed by atoms with E-state index in [-0.39, 0.29) is 11.2 Å². The fourth-order valence-corrected chi connectivity index (χ4v) is 2.84. The van der Waals surface area contributed by atoms with E-state index < -0.39 is 23.2 Å². The van der Waals surface area contributed by atoms with Crippen LogP contribution in [0.1, 0.15) is 18.1 Å². The first kappa shape index (κ1) is 16.0. The topological polar surface area (TPSA) is 62.0 Å². The van der Waals surface area contributed by atoms with Gasteiger partial charge in [-0.05, 0) is 36.1 Å². The van der Waals surface area contributed by atoms with Crippen molar-refractivity contribution in [3.8, 4) is 0 Å². The second kappa shape index (κ2) is 5.36. The average Bonchev–Trinajstić information content (AvgIpc) is 2.46. The van der Waals surface area contributed by atoms with E-state index in [0.717, 1.165) is 18.6 Å². The van der Waals surface area contributed by atoms with E-state index >= 15 is 0 Å². The summed E-state index contributed by atoms with van der Waals surface area (Å²) < 4.78 is 39.8. The molecule has 1 amide bonds. The van der Waals surface area contributed by atoms with Gasteiger partial charge >= 0.3 is 6.18 Å². The lowest BCUT2D eigenvalue weighted by Crippen LogP contribution is -2.15. The number of halogens is 3. The number of aryl methyl sites for hydroxylation is 1. The Hall–Kier alpha value is -2.83. The summed E-state index contributed by atoms with van der Waals surface area (Å²) in [6, 6.07) is 7.20. The van der Waals surface area contributed by atoms with Crippen molar-refractivity contribution in [3.63, 3.8) is 0 Å². The molecule has 0 saturated carbocycles. The molecule has 4 nitrogen and oxygen atoms in total. The number of rotatable bonds is 1. The Morgan fingerprint density at radius 1 is 1.17 bits per heavy atom. The molecule has 3 rings (SSSR count). The molecule has 0 saturated heterocycles. The third-order valence-electron chi connectivity index (χ3n) is 3.81. The van der Waals surface area contributed by atoms with Gasteiger partial charge in [-0.25, -0.2) is 0 Å². The van der Waals surface area contributed by atoms with Crippen LogP contribution < -0.4 is 10.9 Å². The van der Waals surface area contributed by atoms with Crippen LogP contribution in [0.2, 0.25) is 0 Å². The average molecular weight is 334 g/mol. The number of fused-ring (bicyclic) bond motifs is 3. The summed E-state index contributed by atoms with van der Waals surface area (Å²) in [6.45, 7) is 2.91. The molecule has 0 spiro atoms. The van der Waals surface area contributed by atoms with Gasteiger partial charge in [-0.1, -0.05) is 12.1 Å². The van der Waals surface area contributed by atoms with Gasteiger partial charge in [0.1, 0.15) is 0 Å². The van der Waals surface area contributed by atoms with Crippen molar-refractivity contribution < 1.29 is 18.0 Å². The molecule has 124 valence electrons. The number of carbonyl (C=O) groups is 1. The zero-order chi connectivity index (χ0) is 17.6. The van der Waals surface area contributed by atoms with E-state index in [0.29, 0.717) is 16.2 Å². The lowest BCUT2D eigenvalue weighted by atomic mass is 9.99. The Kier molecular flexibility index (Phi) is 3.59. The van der Waals surface area contributed by atoms with E-state index in [1.807, 2.05) is 0 Å². The Morgan fingerprint density at radius 3 is 2.50 bits per heavy atom. The van der Waals surface area contributed by atoms with Crippen LogP contribution >= 0.6 is 0 Å². The van der Waals surface area contributed by atoms with Crippen molar-refractivity contribution in [2.45, 2.75) is 20.0 Å². The molecule has 0 radical (unpaired) electrons. The molecule has 0 fully saturated rings. The number of aromatic nitrogens is 1. The van der Waals surface area contributed by atoms with E-state index in [2.05, 4.69) is 10.3 Å². The van der Waals surface area contributed by atoms with Gasteiger partial charge < -0.3 is 10.3 Å². The quantitative estimate of drug-likeness (QED) is 0.662. The van der Waals surface area contributed by atoms with E-state index in [9.17, 15) is 22.8 Å². The van der Waals surface area contributed by atoms with Crippen LogP contribution in [-0.2, 0) is 11.0 Å². The van der Waals surface area contributed by atoms with Crippen molar-refractivity contribution in [2.75, 3.05) is 5.32 Å². The summed E-state index contributed by atoms with van der Waals surface area (Å²) in [6.07, 6.45) is -4.66. The third kappa shape index (κ3) is 2.62. The highest BCUT2D eigenvalue weighted by Crippen LogP contribution is 2.38. The maximum absolute atomic E-state index is 13.3. The van der Waals surface area contributed by atoms with Crippen molar-refractivity contribution >= 4 is 33.3 Å². The second-order valence-corrected chi connectivity index (χ2v) is 5.57. The Bertz CT molecular complexity index is 1040. The predicted molar refractivity (Wildman–Crippen MR) is 86.1 cm³/mol. The second-order valence-electron chi connectivity index (χ2n) is 5.57. The fraction of sp³-hybridized carbons (Fsp3) is 0.176. The smallest absolute Gasteiger partial charge is 0.326 e. The highest BCUT2D eigenvalue weighted by Gasteiger charge is 2.34. The molecule has 3 aromatic rings. The molecular weight excluding hydrogens is 321 g/mol. The summed E-state index contributed by atoms with van der Waals surface area (Å²) in [5.41, 5.74) is -0.963. The minimum absolute atomic E-state index is 0.0724. The molecular formula is C17H13F3N2O2. The SMILES string of the molecule is CC(=O)Nc1cc2c(cc1C(F)(F)F)[nH]c(=O)c1cccc(C)c12. The molecule has 7 heteroatoms.